The van der Waals surface area contributed by atoms with Crippen LogP contribution in [0.2, 0.25) is 0 Å². The molecule has 6 heteroatoms. The van der Waals surface area contributed by atoms with E-state index >= 15 is 0 Å². The van der Waals surface area contributed by atoms with Crippen LogP contribution in [0.5, 0.6) is 5.75 Å². The van der Waals surface area contributed by atoms with Gasteiger partial charge in [-0.25, -0.2) is 0 Å². The minimum atomic E-state index is -0.991. The molecule has 6 nitrogen and oxygen atoms in total. The first kappa shape index (κ1) is 14.7. The molecule has 1 saturated heterocycles. The molecule has 3 rings (SSSR count). The highest BCUT2D eigenvalue weighted by molar-refractivity contribution is 6.02. The number of pyridine rings is 1. The Balaban J connectivity index is 2.13. The van der Waals surface area contributed by atoms with Crippen LogP contribution in [-0.2, 0) is 9.59 Å². The van der Waals surface area contributed by atoms with Crippen molar-refractivity contribution in [2.24, 2.45) is 5.92 Å². The highest BCUT2D eigenvalue weighted by Gasteiger charge is 2.50. The van der Waals surface area contributed by atoms with Crippen molar-refractivity contribution in [1.82, 2.24) is 5.32 Å². The first-order chi connectivity index (χ1) is 11.1. The fraction of sp³-hybridized carbons (Fsp3) is 0.176. The van der Waals surface area contributed by atoms with Gasteiger partial charge < -0.3 is 5.11 Å². The number of phenols is 1. The second kappa shape index (κ2) is 5.89. The molecule has 0 saturated carbocycles. The highest BCUT2D eigenvalue weighted by Crippen LogP contribution is 2.36. The smallest absolute Gasteiger partial charge is 0.296 e. The fourth-order valence-electron chi connectivity index (χ4n) is 2.91. The maximum Gasteiger partial charge on any atom is 0.296 e. The van der Waals surface area contributed by atoms with E-state index in [1.165, 1.54) is 12.1 Å². The van der Waals surface area contributed by atoms with E-state index in [9.17, 15) is 20.0 Å². The summed E-state index contributed by atoms with van der Waals surface area (Å²) in [6.45, 7) is 0. The van der Waals surface area contributed by atoms with E-state index in [0.717, 1.165) is 0 Å². The predicted octanol–water partition coefficient (Wildman–Crippen LogP) is 0.801. The summed E-state index contributed by atoms with van der Waals surface area (Å²) in [5, 5.41) is 21.1. The lowest BCUT2D eigenvalue weighted by Crippen LogP contribution is -2.59. The first-order valence-electron chi connectivity index (χ1n) is 7.11. The van der Waals surface area contributed by atoms with Gasteiger partial charge in [-0.1, -0.05) is 18.2 Å². The molecular weight excluding hydrogens is 294 g/mol. The number of hydrogen-bond acceptors (Lipinski definition) is 4. The summed E-state index contributed by atoms with van der Waals surface area (Å²) < 4.78 is 1.68. The molecule has 0 bridgehead atoms. The number of phenolic OH excluding ortho intramolecular Hbond substituents is 1. The number of nitriles is 1. The van der Waals surface area contributed by atoms with Gasteiger partial charge in [0.05, 0.1) is 12.0 Å². The number of rotatable bonds is 2. The van der Waals surface area contributed by atoms with Gasteiger partial charge in [-0.3, -0.25) is 14.9 Å². The monoisotopic (exact) mass is 308 g/mol. The fourth-order valence-corrected chi connectivity index (χ4v) is 2.91. The number of nitrogens with zero attached hydrogens (tertiary/aromatic N) is 2. The lowest BCUT2D eigenvalue weighted by Gasteiger charge is -2.29. The molecule has 3 atom stereocenters. The second-order valence-corrected chi connectivity index (χ2v) is 5.35. The summed E-state index contributed by atoms with van der Waals surface area (Å²) in [7, 11) is 0. The van der Waals surface area contributed by atoms with Crippen molar-refractivity contribution in [3.63, 3.8) is 0 Å². The number of hydrogen-bond donors (Lipinski definition) is 2. The van der Waals surface area contributed by atoms with Crippen LogP contribution in [-0.4, -0.2) is 16.9 Å². The van der Waals surface area contributed by atoms with Crippen molar-refractivity contribution in [3.8, 4) is 11.8 Å². The number of carbonyl (C=O) groups is 2. The molecule has 2 N–H and O–H groups in total. The summed E-state index contributed by atoms with van der Waals surface area (Å²) in [6, 6.07) is 12.9. The van der Waals surface area contributed by atoms with E-state index < -0.39 is 29.7 Å². The molecule has 1 aliphatic heterocycles. The standard InChI is InChI=1S/C17H13N3O3/c18-10-13-14(11-4-6-12(21)7-5-11)15(17(23)19-16(13)22)20-8-2-1-3-9-20/h1-9,13-15H,(H-,19,21,22,23)/p+1/t13-,14-,15+/m0/s1. The van der Waals surface area contributed by atoms with Gasteiger partial charge in [0.1, 0.15) is 11.7 Å². The molecule has 1 aromatic heterocycles. The van der Waals surface area contributed by atoms with Gasteiger partial charge in [0, 0.05) is 12.1 Å². The molecule has 2 amide bonds. The van der Waals surface area contributed by atoms with E-state index in [0.29, 0.717) is 5.56 Å². The van der Waals surface area contributed by atoms with E-state index in [2.05, 4.69) is 5.32 Å². The number of piperidine rings is 1. The normalized spacial score (nSPS) is 23.9. The summed E-state index contributed by atoms with van der Waals surface area (Å²) >= 11 is 0. The van der Waals surface area contributed by atoms with Gasteiger partial charge in [0.25, 0.3) is 5.91 Å². The zero-order chi connectivity index (χ0) is 16.4. The maximum absolute atomic E-state index is 12.4. The largest absolute Gasteiger partial charge is 0.508 e. The molecule has 1 aromatic carbocycles. The Hall–Kier alpha value is -3.20. The van der Waals surface area contributed by atoms with Crippen molar-refractivity contribution in [2.45, 2.75) is 12.0 Å². The molecule has 1 aliphatic rings. The van der Waals surface area contributed by atoms with Crippen molar-refractivity contribution < 1.29 is 19.3 Å². The Morgan fingerprint density at radius 1 is 1.04 bits per heavy atom. The third-order valence-corrected chi connectivity index (χ3v) is 3.97. The second-order valence-electron chi connectivity index (χ2n) is 5.35. The molecule has 0 radical (unpaired) electrons. The van der Waals surface area contributed by atoms with Gasteiger partial charge in [-0.05, 0) is 17.7 Å². The molecular formula is C17H14N3O3+. The molecule has 0 aliphatic carbocycles. The average molecular weight is 308 g/mol. The number of aromatic hydroxyl groups is 1. The number of imide groups is 1. The Morgan fingerprint density at radius 3 is 2.30 bits per heavy atom. The van der Waals surface area contributed by atoms with Crippen LogP contribution in [0, 0.1) is 17.2 Å². The third kappa shape index (κ3) is 2.64. The number of benzene rings is 1. The number of aromatic nitrogens is 1. The Kier molecular flexibility index (Phi) is 3.77. The number of nitrogens with one attached hydrogen (secondary N) is 1. The zero-order valence-corrected chi connectivity index (χ0v) is 12.1. The minimum Gasteiger partial charge on any atom is -0.508 e. The average Bonchev–Trinajstić information content (AvgIpc) is 2.56. The molecule has 114 valence electrons. The van der Waals surface area contributed by atoms with E-state index in [4.69, 9.17) is 0 Å². The van der Waals surface area contributed by atoms with Crippen LogP contribution in [0.4, 0.5) is 0 Å². The Bertz CT molecular complexity index is 781. The van der Waals surface area contributed by atoms with Gasteiger partial charge in [-0.2, -0.15) is 9.83 Å². The molecule has 0 unspecified atom stereocenters. The summed E-state index contributed by atoms with van der Waals surface area (Å²) in [5.41, 5.74) is 0.652. The summed E-state index contributed by atoms with van der Waals surface area (Å²) in [4.78, 5) is 24.5. The molecule has 0 spiro atoms. The van der Waals surface area contributed by atoms with Gasteiger partial charge in [-0.15, -0.1) is 0 Å². The Labute approximate surface area is 132 Å². The molecule has 23 heavy (non-hydrogen) atoms. The quantitative estimate of drug-likeness (QED) is 0.634. The number of carbonyl (C=O) groups excluding carboxylic acids is 2. The minimum absolute atomic E-state index is 0.0813. The highest BCUT2D eigenvalue weighted by atomic mass is 16.3. The van der Waals surface area contributed by atoms with Crippen molar-refractivity contribution in [2.75, 3.05) is 0 Å². The van der Waals surface area contributed by atoms with Crippen LogP contribution >= 0.6 is 0 Å². The lowest BCUT2D eigenvalue weighted by molar-refractivity contribution is -0.713. The molecule has 1 fully saturated rings. The maximum atomic E-state index is 12.4. The van der Waals surface area contributed by atoms with Gasteiger partial charge >= 0.3 is 0 Å². The van der Waals surface area contributed by atoms with Crippen LogP contribution in [0.15, 0.2) is 54.9 Å². The van der Waals surface area contributed by atoms with E-state index in [1.807, 2.05) is 12.1 Å². The van der Waals surface area contributed by atoms with Gasteiger partial charge in [0.2, 0.25) is 11.9 Å². The summed E-state index contributed by atoms with van der Waals surface area (Å²) in [6.07, 6.45) is 3.45. The van der Waals surface area contributed by atoms with E-state index in [1.54, 1.807) is 41.2 Å². The zero-order valence-electron chi connectivity index (χ0n) is 12.1. The van der Waals surface area contributed by atoms with Crippen molar-refractivity contribution >= 4 is 11.8 Å². The lowest BCUT2D eigenvalue weighted by atomic mass is 9.77. The van der Waals surface area contributed by atoms with Crippen molar-refractivity contribution in [1.29, 1.82) is 5.26 Å². The van der Waals surface area contributed by atoms with Crippen LogP contribution in [0.25, 0.3) is 0 Å². The summed E-state index contributed by atoms with van der Waals surface area (Å²) in [5.74, 6) is -2.58. The van der Waals surface area contributed by atoms with Crippen LogP contribution in [0.1, 0.15) is 17.5 Å². The first-order valence-corrected chi connectivity index (χ1v) is 7.11. The number of amides is 2. The predicted molar refractivity (Wildman–Crippen MR) is 78.8 cm³/mol. The molecule has 2 heterocycles. The third-order valence-electron chi connectivity index (χ3n) is 3.97. The van der Waals surface area contributed by atoms with Crippen LogP contribution in [0.3, 0.4) is 0 Å². The van der Waals surface area contributed by atoms with Gasteiger partial charge in [0.15, 0.2) is 12.4 Å². The van der Waals surface area contributed by atoms with Crippen molar-refractivity contribution in [3.05, 3.63) is 60.4 Å². The Morgan fingerprint density at radius 2 is 1.70 bits per heavy atom. The molecule has 2 aromatic rings. The van der Waals surface area contributed by atoms with E-state index in [-0.39, 0.29) is 5.75 Å². The topological polar surface area (TPSA) is 94.1 Å². The van der Waals surface area contributed by atoms with Crippen LogP contribution < -0.4 is 9.88 Å². The SMILES string of the molecule is N#C[C@@H]1C(=O)NC(=O)[C@H]([n+]2ccccc2)[C@H]1c1ccc(O)cc1.